The van der Waals surface area contributed by atoms with Crippen LogP contribution in [0.3, 0.4) is 0 Å². The molecule has 0 spiro atoms. The Labute approximate surface area is 85.4 Å². The fraction of sp³-hybridized carbons (Fsp3) is 0.300. The van der Waals surface area contributed by atoms with Crippen LogP contribution in [-0.2, 0) is 5.75 Å². The molecule has 1 heterocycles. The van der Waals surface area contributed by atoms with E-state index in [-0.39, 0.29) is 11.6 Å². The van der Waals surface area contributed by atoms with E-state index in [0.29, 0.717) is 28.4 Å². The molecular weight excluding hydrogens is 203 g/mol. The third-order valence-corrected chi connectivity index (χ3v) is 3.14. The molecule has 0 amide bonds. The van der Waals surface area contributed by atoms with Gasteiger partial charge in [-0.1, -0.05) is 0 Å². The van der Waals surface area contributed by atoms with Gasteiger partial charge in [-0.15, -0.1) is 11.8 Å². The quantitative estimate of drug-likeness (QED) is 0.714. The molecule has 1 aliphatic heterocycles. The molecule has 0 N–H and O–H groups in total. The highest BCUT2D eigenvalue weighted by molar-refractivity contribution is 7.99. The van der Waals surface area contributed by atoms with Gasteiger partial charge in [-0.3, -0.25) is 4.79 Å². The number of carbonyl (C=O) groups is 1. The Morgan fingerprint density at radius 3 is 2.93 bits per heavy atom. The van der Waals surface area contributed by atoms with Crippen molar-refractivity contribution in [3.8, 4) is 5.75 Å². The van der Waals surface area contributed by atoms with E-state index in [4.69, 9.17) is 4.74 Å². The van der Waals surface area contributed by atoms with Crippen LogP contribution in [0.2, 0.25) is 0 Å². The molecule has 0 saturated carbocycles. The maximum atomic E-state index is 13.4. The molecule has 0 radical (unpaired) electrons. The lowest BCUT2D eigenvalue weighted by Crippen LogP contribution is -2.13. The Balaban J connectivity index is 2.57. The van der Waals surface area contributed by atoms with E-state index in [0.717, 1.165) is 0 Å². The molecule has 0 atom stereocenters. The molecule has 0 fully saturated rings. The van der Waals surface area contributed by atoms with Crippen LogP contribution in [0.1, 0.15) is 15.9 Å². The first-order chi connectivity index (χ1) is 6.72. The summed E-state index contributed by atoms with van der Waals surface area (Å²) >= 11 is 1.44. The van der Waals surface area contributed by atoms with Crippen LogP contribution in [0.15, 0.2) is 12.1 Å². The summed E-state index contributed by atoms with van der Waals surface area (Å²) in [6.07, 6.45) is 0. The van der Waals surface area contributed by atoms with Gasteiger partial charge in [-0.2, -0.15) is 0 Å². The molecule has 1 aromatic rings. The van der Waals surface area contributed by atoms with Crippen molar-refractivity contribution in [1.82, 2.24) is 0 Å². The Kier molecular flexibility index (Phi) is 2.46. The normalized spacial score (nSPS) is 15.1. The summed E-state index contributed by atoms with van der Waals surface area (Å²) in [6.45, 7) is 0. The zero-order valence-electron chi connectivity index (χ0n) is 7.67. The SMILES string of the molecule is COc1cc(F)c2c(c1)C(=O)CSC2. The Morgan fingerprint density at radius 1 is 1.43 bits per heavy atom. The minimum absolute atomic E-state index is 0.0194. The number of Topliss-reactive ketones (excluding diaryl/α,β-unsaturated/α-hetero) is 1. The predicted octanol–water partition coefficient (Wildman–Crippen LogP) is 2.26. The molecule has 4 heteroatoms. The van der Waals surface area contributed by atoms with E-state index in [9.17, 15) is 9.18 Å². The van der Waals surface area contributed by atoms with Gasteiger partial charge in [0.05, 0.1) is 12.9 Å². The first kappa shape index (κ1) is 9.52. The van der Waals surface area contributed by atoms with Crippen molar-refractivity contribution in [2.45, 2.75) is 5.75 Å². The smallest absolute Gasteiger partial charge is 0.173 e. The second-order valence-corrected chi connectivity index (χ2v) is 4.04. The molecule has 2 nitrogen and oxygen atoms in total. The lowest BCUT2D eigenvalue weighted by atomic mass is 10.0. The van der Waals surface area contributed by atoms with Crippen molar-refractivity contribution in [1.29, 1.82) is 0 Å². The molecule has 1 aromatic carbocycles. The zero-order chi connectivity index (χ0) is 10.1. The number of ketones is 1. The van der Waals surface area contributed by atoms with Crippen LogP contribution < -0.4 is 4.74 Å². The van der Waals surface area contributed by atoms with Crippen LogP contribution in [0.25, 0.3) is 0 Å². The topological polar surface area (TPSA) is 26.3 Å². The summed E-state index contributed by atoms with van der Waals surface area (Å²) in [4.78, 5) is 11.5. The van der Waals surface area contributed by atoms with Gasteiger partial charge in [-0.25, -0.2) is 4.39 Å². The molecule has 0 unspecified atom stereocenters. The van der Waals surface area contributed by atoms with Gasteiger partial charge in [0.25, 0.3) is 0 Å². The number of hydrogen-bond acceptors (Lipinski definition) is 3. The molecule has 0 bridgehead atoms. The van der Waals surface area contributed by atoms with Gasteiger partial charge in [0.1, 0.15) is 11.6 Å². The summed E-state index contributed by atoms with van der Waals surface area (Å²) < 4.78 is 18.4. The fourth-order valence-corrected chi connectivity index (χ4v) is 2.39. The lowest BCUT2D eigenvalue weighted by Gasteiger charge is -2.15. The van der Waals surface area contributed by atoms with Crippen LogP contribution in [0, 0.1) is 5.82 Å². The van der Waals surface area contributed by atoms with Crippen molar-refractivity contribution < 1.29 is 13.9 Å². The fourth-order valence-electron chi connectivity index (χ4n) is 1.45. The van der Waals surface area contributed by atoms with E-state index in [1.807, 2.05) is 0 Å². The van der Waals surface area contributed by atoms with E-state index >= 15 is 0 Å². The summed E-state index contributed by atoms with van der Waals surface area (Å²) in [5.74, 6) is 1.03. The lowest BCUT2D eigenvalue weighted by molar-refractivity contribution is 0.101. The van der Waals surface area contributed by atoms with Gasteiger partial charge in [0.2, 0.25) is 0 Å². The monoisotopic (exact) mass is 212 g/mol. The second kappa shape index (κ2) is 3.61. The molecule has 74 valence electrons. The Bertz CT molecular complexity index is 390. The second-order valence-electron chi connectivity index (χ2n) is 3.05. The van der Waals surface area contributed by atoms with E-state index in [1.165, 1.54) is 24.9 Å². The number of ether oxygens (including phenoxy) is 1. The number of rotatable bonds is 1. The molecule has 14 heavy (non-hydrogen) atoms. The number of halogens is 1. The van der Waals surface area contributed by atoms with Crippen LogP contribution in [0.4, 0.5) is 4.39 Å². The van der Waals surface area contributed by atoms with E-state index in [1.54, 1.807) is 6.07 Å². The highest BCUT2D eigenvalue weighted by Crippen LogP contribution is 2.30. The van der Waals surface area contributed by atoms with Gasteiger partial charge < -0.3 is 4.74 Å². The minimum Gasteiger partial charge on any atom is -0.497 e. The zero-order valence-corrected chi connectivity index (χ0v) is 8.49. The standard InChI is InChI=1S/C10H9FO2S/c1-13-6-2-7-8(9(11)3-6)4-14-5-10(7)12/h2-3H,4-5H2,1H3. The van der Waals surface area contributed by atoms with Crippen molar-refractivity contribution in [3.05, 3.63) is 29.1 Å². The largest absolute Gasteiger partial charge is 0.497 e. The average Bonchev–Trinajstić information content (AvgIpc) is 2.19. The first-order valence-corrected chi connectivity index (χ1v) is 5.35. The van der Waals surface area contributed by atoms with Crippen molar-refractivity contribution in [3.63, 3.8) is 0 Å². The highest BCUT2D eigenvalue weighted by Gasteiger charge is 2.21. The number of hydrogen-bond donors (Lipinski definition) is 0. The van der Waals surface area contributed by atoms with Crippen molar-refractivity contribution in [2.75, 3.05) is 12.9 Å². The summed E-state index contributed by atoms with van der Waals surface area (Å²) in [7, 11) is 1.46. The number of carbonyl (C=O) groups excluding carboxylic acids is 1. The third-order valence-electron chi connectivity index (χ3n) is 2.18. The number of fused-ring (bicyclic) bond motifs is 1. The highest BCUT2D eigenvalue weighted by atomic mass is 32.2. The first-order valence-electron chi connectivity index (χ1n) is 4.19. The molecular formula is C10H9FO2S. The molecule has 0 aliphatic carbocycles. The number of benzene rings is 1. The van der Waals surface area contributed by atoms with Crippen molar-refractivity contribution in [2.24, 2.45) is 0 Å². The maximum absolute atomic E-state index is 13.4. The predicted molar refractivity (Wildman–Crippen MR) is 53.4 cm³/mol. The third kappa shape index (κ3) is 1.50. The summed E-state index contributed by atoms with van der Waals surface area (Å²) in [5, 5.41) is 0. The number of thioether (sulfide) groups is 1. The van der Waals surface area contributed by atoms with Crippen LogP contribution >= 0.6 is 11.8 Å². The number of methoxy groups -OCH3 is 1. The maximum Gasteiger partial charge on any atom is 0.173 e. The molecule has 1 aliphatic rings. The summed E-state index contributed by atoms with van der Waals surface area (Å²) in [6, 6.07) is 2.93. The Morgan fingerprint density at radius 2 is 2.21 bits per heavy atom. The Hall–Kier alpha value is -1.03. The van der Waals surface area contributed by atoms with Crippen LogP contribution in [-0.4, -0.2) is 18.6 Å². The van der Waals surface area contributed by atoms with Gasteiger partial charge >= 0.3 is 0 Å². The van der Waals surface area contributed by atoms with E-state index < -0.39 is 0 Å². The van der Waals surface area contributed by atoms with Gasteiger partial charge in [0.15, 0.2) is 5.78 Å². The van der Waals surface area contributed by atoms with Crippen LogP contribution in [0.5, 0.6) is 5.75 Å². The van der Waals surface area contributed by atoms with Gasteiger partial charge in [0, 0.05) is 22.9 Å². The average molecular weight is 212 g/mol. The molecule has 0 aromatic heterocycles. The van der Waals surface area contributed by atoms with Crippen molar-refractivity contribution >= 4 is 17.5 Å². The minimum atomic E-state index is -0.347. The molecule has 0 saturated heterocycles. The van der Waals surface area contributed by atoms with Gasteiger partial charge in [-0.05, 0) is 6.07 Å². The van der Waals surface area contributed by atoms with E-state index in [2.05, 4.69) is 0 Å². The molecule has 2 rings (SSSR count). The summed E-state index contributed by atoms with van der Waals surface area (Å²) in [5.41, 5.74) is 0.979.